The van der Waals surface area contributed by atoms with Gasteiger partial charge in [-0.15, -0.1) is 35.3 Å². The number of hydrogen-bond donors (Lipinski definition) is 2. The molecule has 0 aromatic carbocycles. The highest BCUT2D eigenvalue weighted by Crippen LogP contribution is 2.19. The number of nitrogens with one attached hydrogen (secondary N) is 2. The zero-order valence-electron chi connectivity index (χ0n) is 10.1. The number of thiophene rings is 1. The highest BCUT2D eigenvalue weighted by atomic mass is 127. The molecule has 1 aromatic rings. The first-order valence-corrected chi connectivity index (χ1v) is 7.30. The third-order valence-electron chi connectivity index (χ3n) is 2.62. The zero-order chi connectivity index (χ0) is 12.1. The highest BCUT2D eigenvalue weighted by Gasteiger charge is 2.11. The first-order valence-electron chi connectivity index (χ1n) is 5.63. The second-order valence-electron chi connectivity index (χ2n) is 3.94. The lowest BCUT2D eigenvalue weighted by Gasteiger charge is -2.16. The summed E-state index contributed by atoms with van der Waals surface area (Å²) in [5.41, 5.74) is 0. The maximum atomic E-state index is 4.23. The van der Waals surface area contributed by atoms with E-state index in [1.54, 1.807) is 11.3 Å². The molecule has 2 rings (SSSR count). The Balaban J connectivity index is 0.00000162. The smallest absolute Gasteiger partial charge is 0.191 e. The molecule has 6 heteroatoms. The first-order chi connectivity index (χ1) is 8.28. The third-order valence-corrected chi connectivity index (χ3v) is 4.32. The van der Waals surface area contributed by atoms with Crippen molar-refractivity contribution in [2.24, 2.45) is 4.99 Å². The molecule has 0 spiro atoms. The third kappa shape index (κ3) is 4.89. The number of halogens is 2. The summed E-state index contributed by atoms with van der Waals surface area (Å²) in [6.07, 6.45) is 6.60. The minimum absolute atomic E-state index is 0. The van der Waals surface area contributed by atoms with Gasteiger partial charge >= 0.3 is 0 Å². The van der Waals surface area contributed by atoms with E-state index in [0.29, 0.717) is 6.04 Å². The summed E-state index contributed by atoms with van der Waals surface area (Å²) in [6, 6.07) is 2.62. The van der Waals surface area contributed by atoms with E-state index in [9.17, 15) is 0 Å². The summed E-state index contributed by atoms with van der Waals surface area (Å²) in [6.45, 7) is 0.816. The van der Waals surface area contributed by atoms with Crippen molar-refractivity contribution < 1.29 is 0 Å². The maximum Gasteiger partial charge on any atom is 0.191 e. The van der Waals surface area contributed by atoms with Crippen LogP contribution in [-0.4, -0.2) is 19.0 Å². The molecule has 0 saturated heterocycles. The lowest BCUT2D eigenvalue weighted by Crippen LogP contribution is -2.41. The fourth-order valence-electron chi connectivity index (χ4n) is 1.74. The van der Waals surface area contributed by atoms with Crippen molar-refractivity contribution in [2.45, 2.75) is 25.4 Å². The normalized spacial score (nSPS) is 15.6. The van der Waals surface area contributed by atoms with E-state index in [4.69, 9.17) is 0 Å². The molecular formula is C12H17BrIN3S. The van der Waals surface area contributed by atoms with E-state index in [2.05, 4.69) is 55.2 Å². The molecule has 1 aliphatic carbocycles. The fraction of sp³-hybridized carbons (Fsp3) is 0.417. The van der Waals surface area contributed by atoms with Crippen molar-refractivity contribution in [1.29, 1.82) is 0 Å². The van der Waals surface area contributed by atoms with Gasteiger partial charge in [-0.25, -0.2) is 0 Å². The summed E-state index contributed by atoms with van der Waals surface area (Å²) < 4.78 is 1.14. The highest BCUT2D eigenvalue weighted by molar-refractivity contribution is 14.0. The zero-order valence-corrected chi connectivity index (χ0v) is 14.9. The van der Waals surface area contributed by atoms with Gasteiger partial charge in [-0.3, -0.25) is 4.99 Å². The molecule has 0 bridgehead atoms. The lowest BCUT2D eigenvalue weighted by molar-refractivity contribution is 0.633. The molecule has 2 N–H and O–H groups in total. The van der Waals surface area contributed by atoms with E-state index in [1.807, 2.05) is 7.05 Å². The van der Waals surface area contributed by atoms with Crippen LogP contribution in [-0.2, 0) is 6.54 Å². The molecule has 0 saturated carbocycles. The minimum atomic E-state index is 0. The van der Waals surface area contributed by atoms with Crippen LogP contribution in [0, 0.1) is 0 Å². The predicted molar refractivity (Wildman–Crippen MR) is 92.9 cm³/mol. The second kappa shape index (κ2) is 8.16. The SMILES string of the molecule is CN=C(NCc1cc(Br)cs1)NC1CC=CC1.I. The molecule has 0 aliphatic heterocycles. The van der Waals surface area contributed by atoms with Crippen LogP contribution in [0.5, 0.6) is 0 Å². The molecule has 3 nitrogen and oxygen atoms in total. The Morgan fingerprint density at radius 1 is 1.50 bits per heavy atom. The van der Waals surface area contributed by atoms with Gasteiger partial charge in [-0.05, 0) is 34.8 Å². The van der Waals surface area contributed by atoms with Gasteiger partial charge in [0.15, 0.2) is 5.96 Å². The topological polar surface area (TPSA) is 36.4 Å². The van der Waals surface area contributed by atoms with Gasteiger partial charge in [0.05, 0.1) is 6.54 Å². The Kier molecular flexibility index (Phi) is 7.25. The van der Waals surface area contributed by atoms with Crippen molar-refractivity contribution in [2.75, 3.05) is 7.05 Å². The van der Waals surface area contributed by atoms with Crippen molar-refractivity contribution >= 4 is 57.2 Å². The summed E-state index contributed by atoms with van der Waals surface area (Å²) in [4.78, 5) is 5.53. The minimum Gasteiger partial charge on any atom is -0.353 e. The molecule has 1 aromatic heterocycles. The van der Waals surface area contributed by atoms with Crippen LogP contribution < -0.4 is 10.6 Å². The fourth-order valence-corrected chi connectivity index (χ4v) is 3.13. The van der Waals surface area contributed by atoms with Crippen LogP contribution in [0.4, 0.5) is 0 Å². The Hall–Kier alpha value is -0.0800. The molecule has 100 valence electrons. The number of rotatable bonds is 3. The maximum absolute atomic E-state index is 4.23. The predicted octanol–water partition coefficient (Wildman–Crippen LogP) is 3.51. The van der Waals surface area contributed by atoms with Crippen molar-refractivity contribution in [3.8, 4) is 0 Å². The Labute approximate surface area is 137 Å². The molecule has 1 aliphatic rings. The van der Waals surface area contributed by atoms with Gasteiger partial charge in [0.1, 0.15) is 0 Å². The van der Waals surface area contributed by atoms with Crippen molar-refractivity contribution in [3.05, 3.63) is 32.9 Å². The van der Waals surface area contributed by atoms with Gasteiger partial charge in [0.2, 0.25) is 0 Å². The molecule has 18 heavy (non-hydrogen) atoms. The summed E-state index contributed by atoms with van der Waals surface area (Å²) >= 11 is 5.20. The number of nitrogens with zero attached hydrogens (tertiary/aromatic N) is 1. The Bertz CT molecular complexity index is 423. The van der Waals surface area contributed by atoms with Crippen LogP contribution in [0.25, 0.3) is 0 Å². The number of hydrogen-bond acceptors (Lipinski definition) is 2. The molecular weight excluding hydrogens is 425 g/mol. The summed E-state index contributed by atoms with van der Waals surface area (Å²) in [7, 11) is 1.81. The number of aliphatic imine (C=N–C) groups is 1. The van der Waals surface area contributed by atoms with Gasteiger partial charge in [-0.2, -0.15) is 0 Å². The second-order valence-corrected chi connectivity index (χ2v) is 5.85. The van der Waals surface area contributed by atoms with Gasteiger partial charge in [0.25, 0.3) is 0 Å². The summed E-state index contributed by atoms with van der Waals surface area (Å²) in [5, 5.41) is 8.83. The van der Waals surface area contributed by atoms with Crippen LogP contribution in [0.2, 0.25) is 0 Å². The molecule has 0 radical (unpaired) electrons. The standard InChI is InChI=1S/C12H16BrN3S.HI/c1-14-12(16-10-4-2-3-5-10)15-7-11-6-9(13)8-17-11;/h2-3,6,8,10H,4-5,7H2,1H3,(H2,14,15,16);1H. The molecule has 0 fully saturated rings. The van der Waals surface area contributed by atoms with E-state index in [0.717, 1.165) is 29.8 Å². The van der Waals surface area contributed by atoms with E-state index < -0.39 is 0 Å². The number of guanidine groups is 1. The average Bonchev–Trinajstić information content (AvgIpc) is 2.96. The summed E-state index contributed by atoms with van der Waals surface area (Å²) in [5.74, 6) is 0.878. The van der Waals surface area contributed by atoms with Crippen LogP contribution in [0.15, 0.2) is 33.1 Å². The molecule has 1 heterocycles. The molecule has 0 amide bonds. The van der Waals surface area contributed by atoms with E-state index in [-0.39, 0.29) is 24.0 Å². The Morgan fingerprint density at radius 3 is 2.78 bits per heavy atom. The monoisotopic (exact) mass is 441 g/mol. The largest absolute Gasteiger partial charge is 0.353 e. The molecule has 0 atom stereocenters. The Morgan fingerprint density at radius 2 is 2.22 bits per heavy atom. The van der Waals surface area contributed by atoms with Crippen LogP contribution in [0.3, 0.4) is 0 Å². The van der Waals surface area contributed by atoms with Gasteiger partial charge in [0, 0.05) is 27.8 Å². The van der Waals surface area contributed by atoms with Gasteiger partial charge < -0.3 is 10.6 Å². The van der Waals surface area contributed by atoms with Gasteiger partial charge in [-0.1, -0.05) is 12.2 Å². The quantitative estimate of drug-likeness (QED) is 0.326. The van der Waals surface area contributed by atoms with Crippen molar-refractivity contribution in [3.63, 3.8) is 0 Å². The molecule has 0 unspecified atom stereocenters. The van der Waals surface area contributed by atoms with E-state index >= 15 is 0 Å². The first kappa shape index (κ1) is 16.0. The lowest BCUT2D eigenvalue weighted by atomic mass is 10.2. The van der Waals surface area contributed by atoms with Crippen LogP contribution >= 0.6 is 51.2 Å². The van der Waals surface area contributed by atoms with Crippen molar-refractivity contribution in [1.82, 2.24) is 10.6 Å². The van der Waals surface area contributed by atoms with Crippen LogP contribution in [0.1, 0.15) is 17.7 Å². The van der Waals surface area contributed by atoms with E-state index in [1.165, 1.54) is 4.88 Å². The average molecular weight is 442 g/mol.